The molecule has 10 heteroatoms. The largest absolute Gasteiger partial charge is 0.351 e. The molecule has 0 radical (unpaired) electrons. The third-order valence-corrected chi connectivity index (χ3v) is 6.61. The monoisotopic (exact) mass is 517 g/mol. The highest BCUT2D eigenvalue weighted by Gasteiger charge is 2.33. The van der Waals surface area contributed by atoms with Crippen LogP contribution >= 0.6 is 0 Å². The van der Waals surface area contributed by atoms with Crippen molar-refractivity contribution >= 4 is 29.2 Å². The van der Waals surface area contributed by atoms with Crippen molar-refractivity contribution in [3.05, 3.63) is 70.7 Å². The van der Waals surface area contributed by atoms with Crippen LogP contribution in [0.5, 0.6) is 0 Å². The van der Waals surface area contributed by atoms with Gasteiger partial charge in [-0.05, 0) is 50.6 Å². The van der Waals surface area contributed by atoms with Crippen molar-refractivity contribution in [3.63, 3.8) is 0 Å². The fourth-order valence-electron chi connectivity index (χ4n) is 4.57. The van der Waals surface area contributed by atoms with Crippen LogP contribution in [0.25, 0.3) is 0 Å². The fourth-order valence-corrected chi connectivity index (χ4v) is 4.57. The first-order valence-electron chi connectivity index (χ1n) is 12.7. The molecule has 2 N–H and O–H groups in total. The Balaban J connectivity index is 1.52. The van der Waals surface area contributed by atoms with Gasteiger partial charge < -0.3 is 20.4 Å². The number of Topliss-reactive ketones (excluding diaryl/α,β-unsaturated/α-hetero) is 1. The van der Waals surface area contributed by atoms with Gasteiger partial charge in [-0.3, -0.25) is 14.3 Å². The first-order chi connectivity index (χ1) is 18.0. The highest BCUT2D eigenvalue weighted by molar-refractivity contribution is 5.95. The summed E-state index contributed by atoms with van der Waals surface area (Å²) in [6.07, 6.45) is 1.60. The number of aromatic nitrogens is 3. The van der Waals surface area contributed by atoms with E-state index in [9.17, 15) is 14.4 Å². The van der Waals surface area contributed by atoms with Gasteiger partial charge in [0.25, 0.3) is 5.91 Å². The molecule has 4 rings (SSSR count). The third-order valence-electron chi connectivity index (χ3n) is 6.61. The van der Waals surface area contributed by atoms with Crippen molar-refractivity contribution < 1.29 is 14.4 Å². The summed E-state index contributed by atoms with van der Waals surface area (Å²) in [4.78, 5) is 45.0. The number of carbonyl (C=O) groups excluding carboxylic acids is 3. The number of hydrogen-bond donors (Lipinski definition) is 2. The van der Waals surface area contributed by atoms with E-state index in [0.717, 1.165) is 29.2 Å². The zero-order valence-corrected chi connectivity index (χ0v) is 22.8. The quantitative estimate of drug-likeness (QED) is 0.454. The molecule has 38 heavy (non-hydrogen) atoms. The van der Waals surface area contributed by atoms with E-state index in [1.165, 1.54) is 11.8 Å². The molecule has 0 unspecified atom stereocenters. The molecule has 0 aliphatic carbocycles. The second-order valence-electron chi connectivity index (χ2n) is 10.2. The molecule has 10 nitrogen and oxygen atoms in total. The van der Waals surface area contributed by atoms with Gasteiger partial charge >= 0.3 is 6.03 Å². The summed E-state index contributed by atoms with van der Waals surface area (Å²) in [6.45, 7) is 9.34. The molecule has 0 saturated carbocycles. The minimum Gasteiger partial charge on any atom is -0.351 e. The van der Waals surface area contributed by atoms with E-state index in [1.54, 1.807) is 26.4 Å². The van der Waals surface area contributed by atoms with Crippen LogP contribution in [-0.4, -0.2) is 58.0 Å². The van der Waals surface area contributed by atoms with Crippen molar-refractivity contribution in [2.75, 3.05) is 30.9 Å². The number of nitrogens with zero attached hydrogens (tertiary/aromatic N) is 5. The lowest BCUT2D eigenvalue weighted by Gasteiger charge is -2.33. The molecule has 1 aliphatic heterocycles. The number of amides is 3. The second kappa shape index (κ2) is 11.0. The highest BCUT2D eigenvalue weighted by Crippen LogP contribution is 2.34. The molecule has 1 atom stereocenters. The van der Waals surface area contributed by atoms with Gasteiger partial charge in [0.2, 0.25) is 0 Å². The molecule has 3 aromatic rings. The molecule has 3 heterocycles. The Hall–Kier alpha value is -4.21. The Morgan fingerprint density at radius 1 is 1.11 bits per heavy atom. The van der Waals surface area contributed by atoms with E-state index in [-0.39, 0.29) is 29.7 Å². The topological polar surface area (TPSA) is 112 Å². The number of ketones is 1. The standard InChI is InChI=1S/C28H35N7O3/c1-17(2)35-26-18(3)15-34(24-12-9-21(14-29-24)19(4)36)16-23(26)25(32-35)27(37)30-13-20-7-10-22(11-8-20)31-28(38)33(5)6/h7-12,14,17-18H,13,15-16H2,1-6H3,(H,30,37)(H,31,38)/t18-/m0/s1. The number of fused-ring (bicyclic) bond motifs is 1. The van der Waals surface area contributed by atoms with Crippen molar-refractivity contribution in [1.29, 1.82) is 0 Å². The predicted molar refractivity (Wildman–Crippen MR) is 147 cm³/mol. The molecule has 0 bridgehead atoms. The SMILES string of the molecule is CC(=O)c1ccc(N2Cc3c(C(=O)NCc4ccc(NC(=O)N(C)C)cc4)nn(C(C)C)c3[C@@H](C)C2)nc1. The lowest BCUT2D eigenvalue weighted by molar-refractivity contribution is 0.0943. The van der Waals surface area contributed by atoms with E-state index < -0.39 is 0 Å². The number of rotatable bonds is 7. The number of anilines is 2. The summed E-state index contributed by atoms with van der Waals surface area (Å²) < 4.78 is 1.96. The molecular formula is C28H35N7O3. The van der Waals surface area contributed by atoms with E-state index in [1.807, 2.05) is 35.0 Å². The van der Waals surface area contributed by atoms with Crippen molar-refractivity contribution in [3.8, 4) is 0 Å². The van der Waals surface area contributed by atoms with Gasteiger partial charge in [0.1, 0.15) is 5.82 Å². The van der Waals surface area contributed by atoms with E-state index in [0.29, 0.717) is 30.0 Å². The van der Waals surface area contributed by atoms with Gasteiger partial charge in [0.15, 0.2) is 11.5 Å². The number of urea groups is 1. The molecule has 0 saturated heterocycles. The predicted octanol–water partition coefficient (Wildman–Crippen LogP) is 4.21. The molecule has 3 amide bonds. The average Bonchev–Trinajstić information content (AvgIpc) is 3.29. The van der Waals surface area contributed by atoms with Crippen LogP contribution in [0.1, 0.15) is 77.3 Å². The smallest absolute Gasteiger partial charge is 0.321 e. The fraction of sp³-hybridized carbons (Fsp3) is 0.393. The van der Waals surface area contributed by atoms with Crippen LogP contribution in [-0.2, 0) is 13.1 Å². The maximum atomic E-state index is 13.4. The van der Waals surface area contributed by atoms with E-state index in [4.69, 9.17) is 5.10 Å². The normalized spacial score (nSPS) is 14.7. The van der Waals surface area contributed by atoms with Crippen LogP contribution in [0.3, 0.4) is 0 Å². The summed E-state index contributed by atoms with van der Waals surface area (Å²) in [7, 11) is 3.36. The lowest BCUT2D eigenvalue weighted by atomic mass is 9.95. The molecule has 1 aliphatic rings. The Morgan fingerprint density at radius 2 is 1.82 bits per heavy atom. The van der Waals surface area contributed by atoms with Gasteiger partial charge in [-0.2, -0.15) is 5.10 Å². The number of benzene rings is 1. The second-order valence-corrected chi connectivity index (χ2v) is 10.2. The minimum atomic E-state index is -0.237. The summed E-state index contributed by atoms with van der Waals surface area (Å²) in [5.41, 5.74) is 4.54. The van der Waals surface area contributed by atoms with Crippen molar-refractivity contribution in [2.45, 2.75) is 52.7 Å². The summed E-state index contributed by atoms with van der Waals surface area (Å²) in [5, 5.41) is 10.5. The molecular weight excluding hydrogens is 482 g/mol. The molecule has 1 aromatic carbocycles. The molecule has 0 spiro atoms. The highest BCUT2D eigenvalue weighted by atomic mass is 16.2. The van der Waals surface area contributed by atoms with Crippen LogP contribution in [0.4, 0.5) is 16.3 Å². The minimum absolute atomic E-state index is 0.0246. The Morgan fingerprint density at radius 3 is 2.39 bits per heavy atom. The lowest BCUT2D eigenvalue weighted by Crippen LogP contribution is -2.35. The van der Waals surface area contributed by atoms with Crippen molar-refractivity contribution in [2.24, 2.45) is 0 Å². The van der Waals surface area contributed by atoms with Gasteiger partial charge in [0.05, 0.1) is 0 Å². The van der Waals surface area contributed by atoms with Crippen LogP contribution < -0.4 is 15.5 Å². The first kappa shape index (κ1) is 26.8. The van der Waals surface area contributed by atoms with E-state index >= 15 is 0 Å². The first-order valence-corrected chi connectivity index (χ1v) is 12.7. The maximum Gasteiger partial charge on any atom is 0.321 e. The van der Waals surface area contributed by atoms with Crippen molar-refractivity contribution in [1.82, 2.24) is 25.0 Å². The molecule has 200 valence electrons. The molecule has 2 aromatic heterocycles. The summed E-state index contributed by atoms with van der Waals surface area (Å²) in [5.74, 6) is 0.634. The number of hydrogen-bond acceptors (Lipinski definition) is 6. The Bertz CT molecular complexity index is 1330. The maximum absolute atomic E-state index is 13.4. The Kier molecular flexibility index (Phi) is 7.80. The average molecular weight is 518 g/mol. The van der Waals surface area contributed by atoms with Crippen LogP contribution in [0, 0.1) is 0 Å². The van der Waals surface area contributed by atoms with Gasteiger partial charge in [-0.25, -0.2) is 9.78 Å². The van der Waals surface area contributed by atoms with E-state index in [2.05, 4.69) is 41.3 Å². The van der Waals surface area contributed by atoms with Crippen LogP contribution in [0.2, 0.25) is 0 Å². The van der Waals surface area contributed by atoms with Crippen LogP contribution in [0.15, 0.2) is 42.6 Å². The zero-order chi connectivity index (χ0) is 27.6. The summed E-state index contributed by atoms with van der Waals surface area (Å²) in [6, 6.07) is 10.9. The molecule has 0 fully saturated rings. The Labute approximate surface area is 223 Å². The number of nitrogens with one attached hydrogen (secondary N) is 2. The zero-order valence-electron chi connectivity index (χ0n) is 22.8. The van der Waals surface area contributed by atoms with Gasteiger partial charge in [-0.1, -0.05) is 19.1 Å². The summed E-state index contributed by atoms with van der Waals surface area (Å²) >= 11 is 0. The van der Waals surface area contributed by atoms with Gasteiger partial charge in [0, 0.05) is 74.4 Å². The third kappa shape index (κ3) is 5.69. The van der Waals surface area contributed by atoms with Gasteiger partial charge in [-0.15, -0.1) is 0 Å². The number of carbonyl (C=O) groups is 3. The number of pyridine rings is 1.